The first kappa shape index (κ1) is 35.2. The summed E-state index contributed by atoms with van der Waals surface area (Å²) in [7, 11) is 0. The molecule has 15 atom stereocenters. The van der Waals surface area contributed by atoms with Crippen molar-refractivity contribution in [2.24, 2.45) is 50.2 Å². The zero-order valence-electron chi connectivity index (χ0n) is 28.7. The van der Waals surface area contributed by atoms with Gasteiger partial charge in [-0.1, -0.05) is 46.3 Å². The number of hydrogen-bond donors (Lipinski definition) is 7. The van der Waals surface area contributed by atoms with Gasteiger partial charge in [-0.2, -0.15) is 0 Å². The minimum atomic E-state index is -1.72. The first-order chi connectivity index (χ1) is 21.8. The number of esters is 1. The number of aliphatic carboxylic acids is 1. The number of ether oxygens (including phenoxy) is 2. The molecule has 11 heteroatoms. The van der Waals surface area contributed by atoms with Gasteiger partial charge in [-0.25, -0.2) is 0 Å². The van der Waals surface area contributed by atoms with Crippen LogP contribution >= 0.6 is 0 Å². The summed E-state index contributed by atoms with van der Waals surface area (Å²) in [5.41, 5.74) is -2.83. The van der Waals surface area contributed by atoms with E-state index in [1.807, 2.05) is 13.8 Å². The molecule has 1 aliphatic heterocycles. The van der Waals surface area contributed by atoms with E-state index >= 15 is 0 Å². The molecule has 0 amide bonds. The number of aliphatic hydroxyl groups is 6. The monoisotopic (exact) mass is 664 g/mol. The van der Waals surface area contributed by atoms with Gasteiger partial charge in [-0.05, 0) is 98.2 Å². The average Bonchev–Trinajstić information content (AvgIpc) is 3.01. The summed E-state index contributed by atoms with van der Waals surface area (Å²) in [4.78, 5) is 27.1. The van der Waals surface area contributed by atoms with Crippen LogP contribution in [0.3, 0.4) is 0 Å². The van der Waals surface area contributed by atoms with Crippen LogP contribution in [0, 0.1) is 50.2 Å². The molecule has 0 aromatic heterocycles. The van der Waals surface area contributed by atoms with Crippen molar-refractivity contribution >= 4 is 11.9 Å². The number of carbonyl (C=O) groups is 2. The molecule has 47 heavy (non-hydrogen) atoms. The highest BCUT2D eigenvalue weighted by Gasteiger charge is 2.72. The lowest BCUT2D eigenvalue weighted by Gasteiger charge is -2.71. The fourth-order valence-electron chi connectivity index (χ4n) is 12.0. The molecular formula is C36H56O11. The second-order valence-corrected chi connectivity index (χ2v) is 17.6. The molecule has 6 aliphatic rings. The molecule has 0 unspecified atom stereocenters. The van der Waals surface area contributed by atoms with Gasteiger partial charge >= 0.3 is 11.9 Å². The zero-order valence-corrected chi connectivity index (χ0v) is 28.7. The van der Waals surface area contributed by atoms with Crippen LogP contribution in [0.25, 0.3) is 0 Å². The Labute approximate surface area is 277 Å². The molecule has 0 bridgehead atoms. The van der Waals surface area contributed by atoms with E-state index in [1.165, 1.54) is 0 Å². The Balaban J connectivity index is 1.39. The summed E-state index contributed by atoms with van der Waals surface area (Å²) >= 11 is 0. The number of aliphatic hydroxyl groups excluding tert-OH is 6. The van der Waals surface area contributed by atoms with Gasteiger partial charge in [-0.15, -0.1) is 0 Å². The first-order valence-corrected chi connectivity index (χ1v) is 17.6. The van der Waals surface area contributed by atoms with Gasteiger partial charge in [0, 0.05) is 5.92 Å². The summed E-state index contributed by atoms with van der Waals surface area (Å²) in [5, 5.41) is 74.5. The van der Waals surface area contributed by atoms with Gasteiger partial charge in [0.15, 0.2) is 0 Å². The van der Waals surface area contributed by atoms with Crippen molar-refractivity contribution in [2.45, 2.75) is 142 Å². The van der Waals surface area contributed by atoms with Gasteiger partial charge in [0.2, 0.25) is 6.29 Å². The molecule has 1 heterocycles. The Morgan fingerprint density at radius 2 is 1.51 bits per heavy atom. The van der Waals surface area contributed by atoms with Crippen LogP contribution < -0.4 is 0 Å². The predicted molar refractivity (Wildman–Crippen MR) is 168 cm³/mol. The van der Waals surface area contributed by atoms with Crippen molar-refractivity contribution in [2.75, 3.05) is 6.61 Å². The lowest BCUT2D eigenvalue weighted by molar-refractivity contribution is -0.298. The predicted octanol–water partition coefficient (Wildman–Crippen LogP) is 2.53. The number of carboxylic acid groups (broad SMARTS) is 1. The molecule has 0 aromatic rings. The van der Waals surface area contributed by atoms with Crippen molar-refractivity contribution in [1.82, 2.24) is 0 Å². The van der Waals surface area contributed by atoms with E-state index in [0.29, 0.717) is 44.9 Å². The SMILES string of the molecule is CC1(C)CC[C@]2(C(=O)O[C@H]3O[C@@H](CO)[C@@H](O)[C@@H](O)[C@H]3O)CC[C@]3(C)C(=CC[C@H]4[C@@]5(C)CC[C@H](O)[C@@](C)(C(=O)O)[C@@H]5CC[C@@]43C)[C@@H]2[C@@H]1O. The van der Waals surface area contributed by atoms with E-state index in [9.17, 15) is 45.3 Å². The second-order valence-electron chi connectivity index (χ2n) is 17.6. The molecule has 5 aliphatic carbocycles. The average molecular weight is 665 g/mol. The lowest BCUT2D eigenvalue weighted by atomic mass is 9.33. The summed E-state index contributed by atoms with van der Waals surface area (Å²) in [6, 6.07) is 0. The van der Waals surface area contributed by atoms with Gasteiger partial charge in [0.05, 0.1) is 29.6 Å². The standard InChI is InChI=1S/C36H56O11/c1-31(2)13-15-36(30(45)47-28-26(41)25(40)24(39)19(17-37)46-28)16-14-33(4)18(23(36)27(31)42)7-8-20-32(3)11-10-22(38)35(6,29(43)44)21(32)9-12-34(20,33)5/h7,19-28,37-42H,8-17H2,1-6H3,(H,43,44)/t19-,20-,21+,22-,23+,24+,25+,26+,27-,28+,32+,33+,34-,35-,36-/m0/s1. The largest absolute Gasteiger partial charge is 0.481 e. The Kier molecular flexibility index (Phi) is 8.40. The second kappa shape index (κ2) is 11.2. The third-order valence-electron chi connectivity index (χ3n) is 15.4. The number of allylic oxidation sites excluding steroid dienone is 1. The third-order valence-corrected chi connectivity index (χ3v) is 15.4. The van der Waals surface area contributed by atoms with Crippen LogP contribution in [0.2, 0.25) is 0 Å². The minimum Gasteiger partial charge on any atom is -0.481 e. The van der Waals surface area contributed by atoms with Gasteiger partial charge < -0.3 is 45.2 Å². The number of fused-ring (bicyclic) bond motifs is 7. The van der Waals surface area contributed by atoms with Crippen LogP contribution in [0.5, 0.6) is 0 Å². The highest BCUT2D eigenvalue weighted by atomic mass is 16.7. The highest BCUT2D eigenvalue weighted by molar-refractivity contribution is 5.79. The quantitative estimate of drug-likeness (QED) is 0.172. The number of carboxylic acids is 1. The lowest BCUT2D eigenvalue weighted by Crippen LogP contribution is -2.68. The Hall–Kier alpha value is -1.60. The Morgan fingerprint density at radius 1 is 0.851 bits per heavy atom. The molecule has 6 rings (SSSR count). The molecule has 0 aromatic carbocycles. The highest BCUT2D eigenvalue weighted by Crippen LogP contribution is 2.76. The van der Waals surface area contributed by atoms with Gasteiger partial charge in [0.25, 0.3) is 0 Å². The molecule has 0 spiro atoms. The van der Waals surface area contributed by atoms with E-state index in [1.54, 1.807) is 6.92 Å². The molecule has 0 radical (unpaired) electrons. The van der Waals surface area contributed by atoms with E-state index in [-0.39, 0.29) is 22.7 Å². The van der Waals surface area contributed by atoms with Crippen LogP contribution in [0.15, 0.2) is 11.6 Å². The normalized spacial score (nSPS) is 53.7. The van der Waals surface area contributed by atoms with E-state index in [0.717, 1.165) is 18.4 Å². The summed E-state index contributed by atoms with van der Waals surface area (Å²) in [5.74, 6) is -2.22. The summed E-state index contributed by atoms with van der Waals surface area (Å²) in [6.45, 7) is 11.9. The molecular weight excluding hydrogens is 608 g/mol. The first-order valence-electron chi connectivity index (χ1n) is 17.6. The van der Waals surface area contributed by atoms with Crippen molar-refractivity contribution in [3.8, 4) is 0 Å². The maximum absolute atomic E-state index is 14.4. The van der Waals surface area contributed by atoms with E-state index in [4.69, 9.17) is 9.47 Å². The molecule has 266 valence electrons. The maximum Gasteiger partial charge on any atom is 0.315 e. The molecule has 11 nitrogen and oxygen atoms in total. The van der Waals surface area contributed by atoms with Crippen molar-refractivity contribution in [3.63, 3.8) is 0 Å². The topological polar surface area (TPSA) is 194 Å². The fourth-order valence-corrected chi connectivity index (χ4v) is 12.0. The smallest absolute Gasteiger partial charge is 0.315 e. The van der Waals surface area contributed by atoms with Crippen LogP contribution in [0.1, 0.15) is 99.3 Å². The van der Waals surface area contributed by atoms with Crippen molar-refractivity contribution in [1.29, 1.82) is 0 Å². The van der Waals surface area contributed by atoms with Gasteiger partial charge in [0.1, 0.15) is 24.4 Å². The number of hydrogen-bond acceptors (Lipinski definition) is 10. The Morgan fingerprint density at radius 3 is 2.15 bits per heavy atom. The molecule has 7 N–H and O–H groups in total. The summed E-state index contributed by atoms with van der Waals surface area (Å²) in [6.07, 6.45) is -2.06. The van der Waals surface area contributed by atoms with Crippen LogP contribution in [-0.2, 0) is 19.1 Å². The van der Waals surface area contributed by atoms with Crippen LogP contribution in [0.4, 0.5) is 0 Å². The number of carbonyl (C=O) groups excluding carboxylic acids is 1. The van der Waals surface area contributed by atoms with Crippen molar-refractivity contribution in [3.05, 3.63) is 11.6 Å². The van der Waals surface area contributed by atoms with Crippen LogP contribution in [-0.4, -0.2) is 97.2 Å². The fraction of sp³-hybridized carbons (Fsp3) is 0.889. The van der Waals surface area contributed by atoms with Crippen molar-refractivity contribution < 1.29 is 54.8 Å². The van der Waals surface area contributed by atoms with Gasteiger partial charge in [-0.3, -0.25) is 9.59 Å². The molecule has 1 saturated heterocycles. The minimum absolute atomic E-state index is 0.135. The maximum atomic E-state index is 14.4. The van der Waals surface area contributed by atoms with E-state index < -0.39 is 89.0 Å². The Bertz CT molecular complexity index is 1310. The third kappa shape index (κ3) is 4.55. The molecule has 5 fully saturated rings. The zero-order chi connectivity index (χ0) is 34.7. The van der Waals surface area contributed by atoms with E-state index in [2.05, 4.69) is 26.8 Å². The number of rotatable bonds is 4. The summed E-state index contributed by atoms with van der Waals surface area (Å²) < 4.78 is 11.4. The molecule has 4 saturated carbocycles.